The van der Waals surface area contributed by atoms with Crippen LogP contribution in [0.15, 0.2) is 34.8 Å². The topological polar surface area (TPSA) is 0 Å². The van der Waals surface area contributed by atoms with E-state index in [-0.39, 0.29) is 5.38 Å². The molecule has 16 heavy (non-hydrogen) atoms. The highest BCUT2D eigenvalue weighted by atomic mass is 79.9. The minimum atomic E-state index is -0.262. The molecule has 84 valence electrons. The molecule has 1 aromatic carbocycles. The van der Waals surface area contributed by atoms with Gasteiger partial charge in [-0.3, -0.25) is 0 Å². The van der Waals surface area contributed by atoms with Crippen molar-refractivity contribution in [2.45, 2.75) is 5.38 Å². The number of hydrogen-bond donors (Lipinski definition) is 0. The van der Waals surface area contributed by atoms with Crippen molar-refractivity contribution in [3.8, 4) is 0 Å². The Balaban J connectivity index is 2.41. The third-order valence-electron chi connectivity index (χ3n) is 2.10. The van der Waals surface area contributed by atoms with E-state index in [0.717, 1.165) is 19.2 Å². The van der Waals surface area contributed by atoms with Gasteiger partial charge in [0.05, 0.1) is 14.7 Å². The molecular formula is C11H6BrCl3S. The Bertz CT molecular complexity index is 510. The van der Waals surface area contributed by atoms with Crippen LogP contribution in [0.1, 0.15) is 15.8 Å². The number of alkyl halides is 1. The molecule has 2 aromatic rings. The molecule has 1 aromatic heterocycles. The summed E-state index contributed by atoms with van der Waals surface area (Å²) in [5, 5.41) is 0.384. The van der Waals surface area contributed by atoms with E-state index in [9.17, 15) is 0 Å². The Morgan fingerprint density at radius 2 is 1.88 bits per heavy atom. The van der Waals surface area contributed by atoms with Crippen LogP contribution in [0.3, 0.4) is 0 Å². The summed E-state index contributed by atoms with van der Waals surface area (Å²) in [4.78, 5) is 0.992. The summed E-state index contributed by atoms with van der Waals surface area (Å²) >= 11 is 23.3. The number of halogens is 4. The van der Waals surface area contributed by atoms with Gasteiger partial charge in [0.1, 0.15) is 0 Å². The fourth-order valence-electron chi connectivity index (χ4n) is 1.33. The first kappa shape index (κ1) is 12.7. The summed E-state index contributed by atoms with van der Waals surface area (Å²) in [6, 6.07) is 9.47. The minimum absolute atomic E-state index is 0.262. The van der Waals surface area contributed by atoms with Crippen molar-refractivity contribution in [1.82, 2.24) is 0 Å². The second kappa shape index (κ2) is 5.28. The molecule has 0 amide bonds. The van der Waals surface area contributed by atoms with E-state index in [4.69, 9.17) is 34.8 Å². The molecule has 1 unspecified atom stereocenters. The van der Waals surface area contributed by atoms with Crippen molar-refractivity contribution in [2.24, 2.45) is 0 Å². The van der Waals surface area contributed by atoms with Crippen molar-refractivity contribution >= 4 is 62.1 Å². The van der Waals surface area contributed by atoms with E-state index in [1.54, 1.807) is 0 Å². The average molecular weight is 356 g/mol. The lowest BCUT2D eigenvalue weighted by Crippen LogP contribution is -1.91. The molecule has 0 bridgehead atoms. The largest absolute Gasteiger partial charge is 0.127 e. The first-order valence-electron chi connectivity index (χ1n) is 4.43. The van der Waals surface area contributed by atoms with Gasteiger partial charge in [0.25, 0.3) is 0 Å². The molecule has 0 N–H and O–H groups in total. The monoisotopic (exact) mass is 354 g/mol. The Labute approximate surface area is 121 Å². The third kappa shape index (κ3) is 2.57. The molecule has 0 radical (unpaired) electrons. The predicted molar refractivity (Wildman–Crippen MR) is 76.2 cm³/mol. The zero-order chi connectivity index (χ0) is 11.7. The van der Waals surface area contributed by atoms with Crippen molar-refractivity contribution in [3.63, 3.8) is 0 Å². The summed E-state index contributed by atoms with van der Waals surface area (Å²) in [6.45, 7) is 0. The summed E-state index contributed by atoms with van der Waals surface area (Å²) in [7, 11) is 0. The smallest absolute Gasteiger partial charge is 0.0943 e. The highest BCUT2D eigenvalue weighted by Gasteiger charge is 2.17. The molecule has 0 saturated carbocycles. The molecular weight excluding hydrogens is 350 g/mol. The fraction of sp³-hybridized carbons (Fsp3) is 0.0909. The highest BCUT2D eigenvalue weighted by molar-refractivity contribution is 9.10. The molecule has 0 spiro atoms. The predicted octanol–water partition coefficient (Wildman–Crippen LogP) is 6.15. The quantitative estimate of drug-likeness (QED) is 0.567. The number of hydrogen-bond acceptors (Lipinski definition) is 1. The van der Waals surface area contributed by atoms with Gasteiger partial charge in [-0.15, -0.1) is 22.9 Å². The maximum atomic E-state index is 6.37. The van der Waals surface area contributed by atoms with Gasteiger partial charge < -0.3 is 0 Å². The lowest BCUT2D eigenvalue weighted by Gasteiger charge is -2.10. The van der Waals surface area contributed by atoms with E-state index in [0.29, 0.717) is 5.02 Å². The molecule has 1 heterocycles. The standard InChI is InChI=1S/C11H6BrCl3S/c12-7-3-1-2-6(10(7)14)11(15)8-4-5-9(13)16-8/h1-5,11H. The minimum Gasteiger partial charge on any atom is -0.127 e. The zero-order valence-corrected chi connectivity index (χ0v) is 12.6. The van der Waals surface area contributed by atoms with Gasteiger partial charge >= 0.3 is 0 Å². The van der Waals surface area contributed by atoms with E-state index in [1.807, 2.05) is 30.3 Å². The summed E-state index contributed by atoms with van der Waals surface area (Å²) < 4.78 is 1.58. The second-order valence-electron chi connectivity index (χ2n) is 3.15. The Hall–Kier alpha value is 0.270. The van der Waals surface area contributed by atoms with Crippen LogP contribution < -0.4 is 0 Å². The Morgan fingerprint density at radius 3 is 2.50 bits per heavy atom. The third-order valence-corrected chi connectivity index (χ3v) is 5.30. The maximum Gasteiger partial charge on any atom is 0.0943 e. The van der Waals surface area contributed by atoms with Gasteiger partial charge in [0.15, 0.2) is 0 Å². The summed E-state index contributed by atoms with van der Waals surface area (Å²) in [5.41, 5.74) is 0.885. The molecule has 5 heteroatoms. The molecule has 0 aliphatic carbocycles. The van der Waals surface area contributed by atoms with Crippen LogP contribution in [0.2, 0.25) is 9.36 Å². The van der Waals surface area contributed by atoms with Crippen LogP contribution in [0.5, 0.6) is 0 Å². The van der Waals surface area contributed by atoms with Crippen LogP contribution in [0.25, 0.3) is 0 Å². The van der Waals surface area contributed by atoms with E-state index in [2.05, 4.69) is 15.9 Å². The van der Waals surface area contributed by atoms with Crippen molar-refractivity contribution < 1.29 is 0 Å². The van der Waals surface area contributed by atoms with Crippen LogP contribution in [-0.2, 0) is 0 Å². The molecule has 0 saturated heterocycles. The summed E-state index contributed by atoms with van der Waals surface area (Å²) in [5.74, 6) is 0. The van der Waals surface area contributed by atoms with Gasteiger partial charge in [0.2, 0.25) is 0 Å². The number of rotatable bonds is 2. The van der Waals surface area contributed by atoms with E-state index >= 15 is 0 Å². The molecule has 0 nitrogen and oxygen atoms in total. The van der Waals surface area contributed by atoms with Gasteiger partial charge in [-0.2, -0.15) is 0 Å². The SMILES string of the molecule is Clc1ccc(C(Cl)c2cccc(Br)c2Cl)s1. The molecule has 1 atom stereocenters. The average Bonchev–Trinajstić information content (AvgIpc) is 2.68. The lowest BCUT2D eigenvalue weighted by atomic mass is 10.1. The van der Waals surface area contributed by atoms with Gasteiger partial charge in [-0.1, -0.05) is 35.3 Å². The van der Waals surface area contributed by atoms with E-state index in [1.165, 1.54) is 11.3 Å². The number of benzene rings is 1. The first-order chi connectivity index (χ1) is 7.59. The van der Waals surface area contributed by atoms with Crippen molar-refractivity contribution in [1.29, 1.82) is 0 Å². The summed E-state index contributed by atoms with van der Waals surface area (Å²) in [6.07, 6.45) is 0. The van der Waals surface area contributed by atoms with Crippen LogP contribution in [0.4, 0.5) is 0 Å². The van der Waals surface area contributed by atoms with E-state index < -0.39 is 0 Å². The lowest BCUT2D eigenvalue weighted by molar-refractivity contribution is 1.18. The number of thiophene rings is 1. The van der Waals surface area contributed by atoms with Gasteiger partial charge in [0, 0.05) is 9.35 Å². The Morgan fingerprint density at radius 1 is 1.12 bits per heavy atom. The van der Waals surface area contributed by atoms with Crippen molar-refractivity contribution in [3.05, 3.63) is 54.6 Å². The van der Waals surface area contributed by atoms with Crippen molar-refractivity contribution in [2.75, 3.05) is 0 Å². The molecule has 0 aliphatic rings. The normalized spacial score (nSPS) is 12.8. The van der Waals surface area contributed by atoms with Gasteiger partial charge in [-0.05, 0) is 39.7 Å². The Kier molecular flexibility index (Phi) is 4.20. The zero-order valence-electron chi connectivity index (χ0n) is 7.88. The molecule has 0 fully saturated rings. The van der Waals surface area contributed by atoms with Gasteiger partial charge in [-0.25, -0.2) is 0 Å². The molecule has 2 rings (SSSR count). The molecule has 0 aliphatic heterocycles. The van der Waals surface area contributed by atoms with Crippen LogP contribution in [-0.4, -0.2) is 0 Å². The second-order valence-corrected chi connectivity index (χ2v) is 6.56. The fourth-order valence-corrected chi connectivity index (χ4v) is 3.45. The van der Waals surface area contributed by atoms with Crippen LogP contribution in [0, 0.1) is 0 Å². The maximum absolute atomic E-state index is 6.37. The van der Waals surface area contributed by atoms with Crippen LogP contribution >= 0.6 is 62.1 Å². The highest BCUT2D eigenvalue weighted by Crippen LogP contribution is 2.40. The first-order valence-corrected chi connectivity index (χ1v) is 7.23.